The number of rotatable bonds is 7. The van der Waals surface area contributed by atoms with Gasteiger partial charge in [-0.1, -0.05) is 30.0 Å². The summed E-state index contributed by atoms with van der Waals surface area (Å²) in [6.45, 7) is 3.71. The standard InChI is InChI=1S/C14H16FN3O2S2/c1-3-8-21-14-18-17-13(22-14)16-12(19)9(2)20-11-6-4-10(15)5-7-11/h4-7,9H,3,8H2,1-2H3,(H,16,17,19)/t9-/m1/s1. The fourth-order valence-corrected chi connectivity index (χ4v) is 3.17. The molecule has 0 aliphatic rings. The van der Waals surface area contributed by atoms with Crippen LogP contribution in [0, 0.1) is 5.82 Å². The van der Waals surface area contributed by atoms with Gasteiger partial charge >= 0.3 is 0 Å². The van der Waals surface area contributed by atoms with E-state index in [9.17, 15) is 9.18 Å². The fraction of sp³-hybridized carbons (Fsp3) is 0.357. The van der Waals surface area contributed by atoms with E-state index in [0.29, 0.717) is 10.9 Å². The van der Waals surface area contributed by atoms with Gasteiger partial charge in [-0.05, 0) is 37.6 Å². The summed E-state index contributed by atoms with van der Waals surface area (Å²) >= 11 is 2.94. The molecule has 1 amide bonds. The largest absolute Gasteiger partial charge is 0.481 e. The van der Waals surface area contributed by atoms with Crippen LogP contribution in [0.25, 0.3) is 0 Å². The van der Waals surface area contributed by atoms with Gasteiger partial charge in [0.15, 0.2) is 10.4 Å². The van der Waals surface area contributed by atoms with Gasteiger partial charge in [-0.15, -0.1) is 10.2 Å². The maximum Gasteiger partial charge on any atom is 0.266 e. The molecule has 8 heteroatoms. The second-order valence-electron chi connectivity index (χ2n) is 4.42. The minimum Gasteiger partial charge on any atom is -0.481 e. The van der Waals surface area contributed by atoms with Gasteiger partial charge in [0, 0.05) is 5.75 Å². The summed E-state index contributed by atoms with van der Waals surface area (Å²) in [5, 5.41) is 11.0. The molecule has 1 aromatic heterocycles. The summed E-state index contributed by atoms with van der Waals surface area (Å²) in [6, 6.07) is 5.51. The Hall–Kier alpha value is -1.67. The van der Waals surface area contributed by atoms with Crippen LogP contribution in [0.1, 0.15) is 20.3 Å². The number of hydrogen-bond acceptors (Lipinski definition) is 6. The Bertz CT molecular complexity index is 619. The normalized spacial score (nSPS) is 12.0. The van der Waals surface area contributed by atoms with Crippen LogP contribution >= 0.6 is 23.1 Å². The number of anilines is 1. The average Bonchev–Trinajstić information content (AvgIpc) is 2.95. The summed E-state index contributed by atoms with van der Waals surface area (Å²) in [7, 11) is 0. The first-order chi connectivity index (χ1) is 10.6. The van der Waals surface area contributed by atoms with Crippen molar-refractivity contribution in [2.75, 3.05) is 11.1 Å². The Kier molecular flexibility index (Phi) is 6.14. The van der Waals surface area contributed by atoms with Crippen LogP contribution in [0.15, 0.2) is 28.6 Å². The Morgan fingerprint density at radius 3 is 2.82 bits per heavy atom. The lowest BCUT2D eigenvalue weighted by atomic mass is 10.3. The average molecular weight is 341 g/mol. The zero-order valence-electron chi connectivity index (χ0n) is 12.2. The lowest BCUT2D eigenvalue weighted by molar-refractivity contribution is -0.122. The number of halogens is 1. The van der Waals surface area contributed by atoms with Gasteiger partial charge in [-0.2, -0.15) is 0 Å². The fourth-order valence-electron chi connectivity index (χ4n) is 1.49. The lowest BCUT2D eigenvalue weighted by Gasteiger charge is -2.13. The van der Waals surface area contributed by atoms with Gasteiger partial charge < -0.3 is 4.74 Å². The molecule has 0 aliphatic carbocycles. The smallest absolute Gasteiger partial charge is 0.266 e. The molecule has 0 fully saturated rings. The first kappa shape index (κ1) is 16.7. The van der Waals surface area contributed by atoms with Gasteiger partial charge in [-0.25, -0.2) is 4.39 Å². The summed E-state index contributed by atoms with van der Waals surface area (Å²) < 4.78 is 19.1. The molecule has 5 nitrogen and oxygen atoms in total. The van der Waals surface area contributed by atoms with Crippen molar-refractivity contribution in [3.63, 3.8) is 0 Å². The molecule has 118 valence electrons. The van der Waals surface area contributed by atoms with E-state index in [1.54, 1.807) is 18.7 Å². The van der Waals surface area contributed by atoms with Crippen molar-refractivity contribution in [2.24, 2.45) is 0 Å². The van der Waals surface area contributed by atoms with E-state index < -0.39 is 6.10 Å². The van der Waals surface area contributed by atoms with Crippen molar-refractivity contribution in [1.82, 2.24) is 10.2 Å². The summed E-state index contributed by atoms with van der Waals surface area (Å²) in [6.07, 6.45) is 0.329. The number of aromatic nitrogens is 2. The Balaban J connectivity index is 1.88. The van der Waals surface area contributed by atoms with Crippen LogP contribution in [0.2, 0.25) is 0 Å². The summed E-state index contributed by atoms with van der Waals surface area (Å²) in [5.41, 5.74) is 0. The molecule has 2 rings (SSSR count). The second kappa shape index (κ2) is 8.09. The van der Waals surface area contributed by atoms with Crippen LogP contribution in [-0.2, 0) is 4.79 Å². The zero-order chi connectivity index (χ0) is 15.9. The molecule has 0 saturated carbocycles. The number of benzene rings is 1. The van der Waals surface area contributed by atoms with E-state index in [-0.39, 0.29) is 11.7 Å². The first-order valence-electron chi connectivity index (χ1n) is 6.78. The van der Waals surface area contributed by atoms with E-state index in [4.69, 9.17) is 4.74 Å². The molecule has 0 aliphatic heterocycles. The molecule has 1 heterocycles. The van der Waals surface area contributed by atoms with E-state index in [2.05, 4.69) is 22.4 Å². The van der Waals surface area contributed by atoms with E-state index in [0.717, 1.165) is 16.5 Å². The lowest BCUT2D eigenvalue weighted by Crippen LogP contribution is -2.30. The van der Waals surface area contributed by atoms with Crippen LogP contribution in [0.3, 0.4) is 0 Å². The summed E-state index contributed by atoms with van der Waals surface area (Å²) in [4.78, 5) is 12.0. The number of thioether (sulfide) groups is 1. The highest BCUT2D eigenvalue weighted by atomic mass is 32.2. The molecule has 1 atom stereocenters. The predicted molar refractivity (Wildman–Crippen MR) is 86.0 cm³/mol. The first-order valence-corrected chi connectivity index (χ1v) is 8.58. The van der Waals surface area contributed by atoms with Crippen molar-refractivity contribution in [3.8, 4) is 5.75 Å². The molecule has 1 N–H and O–H groups in total. The van der Waals surface area contributed by atoms with Crippen molar-refractivity contribution < 1.29 is 13.9 Å². The van der Waals surface area contributed by atoms with Crippen LogP contribution < -0.4 is 10.1 Å². The maximum absolute atomic E-state index is 12.8. The second-order valence-corrected chi connectivity index (χ2v) is 6.74. The minimum absolute atomic E-state index is 0.326. The zero-order valence-corrected chi connectivity index (χ0v) is 13.8. The SMILES string of the molecule is CCCSc1nnc(NC(=O)[C@@H](C)Oc2ccc(F)cc2)s1. The van der Waals surface area contributed by atoms with Gasteiger partial charge in [0.2, 0.25) is 5.13 Å². The van der Waals surface area contributed by atoms with Crippen molar-refractivity contribution in [2.45, 2.75) is 30.7 Å². The Morgan fingerprint density at radius 1 is 1.41 bits per heavy atom. The van der Waals surface area contributed by atoms with Gasteiger partial charge in [-0.3, -0.25) is 10.1 Å². The molecule has 0 bridgehead atoms. The van der Waals surface area contributed by atoms with E-state index >= 15 is 0 Å². The molecule has 0 spiro atoms. The van der Waals surface area contributed by atoms with E-state index in [1.807, 2.05) is 0 Å². The number of nitrogens with one attached hydrogen (secondary N) is 1. The molecule has 0 radical (unpaired) electrons. The summed E-state index contributed by atoms with van der Waals surface area (Å²) in [5.74, 6) is 0.718. The molecule has 1 aromatic carbocycles. The molecular weight excluding hydrogens is 325 g/mol. The Morgan fingerprint density at radius 2 is 2.14 bits per heavy atom. The number of ether oxygens (including phenoxy) is 1. The third-order valence-corrected chi connectivity index (χ3v) is 4.74. The number of carbonyl (C=O) groups is 1. The third-order valence-electron chi connectivity index (χ3n) is 2.56. The molecule has 2 aromatic rings. The van der Waals surface area contributed by atoms with Crippen molar-refractivity contribution >= 4 is 34.1 Å². The molecule has 0 saturated heterocycles. The number of nitrogens with zero attached hydrogens (tertiary/aromatic N) is 2. The highest BCUT2D eigenvalue weighted by Crippen LogP contribution is 2.26. The van der Waals surface area contributed by atoms with Crippen LogP contribution in [0.5, 0.6) is 5.75 Å². The number of carbonyl (C=O) groups excluding carboxylic acids is 1. The van der Waals surface area contributed by atoms with Gasteiger partial charge in [0.1, 0.15) is 11.6 Å². The third kappa shape index (κ3) is 4.96. The van der Waals surface area contributed by atoms with E-state index in [1.165, 1.54) is 35.6 Å². The monoisotopic (exact) mass is 341 g/mol. The minimum atomic E-state index is -0.721. The van der Waals surface area contributed by atoms with Crippen LogP contribution in [-0.4, -0.2) is 28.0 Å². The highest BCUT2D eigenvalue weighted by molar-refractivity contribution is 8.01. The molecular formula is C14H16FN3O2S2. The van der Waals surface area contributed by atoms with Crippen LogP contribution in [0.4, 0.5) is 9.52 Å². The predicted octanol–water partition coefficient (Wildman–Crippen LogP) is 3.59. The van der Waals surface area contributed by atoms with Crippen molar-refractivity contribution in [1.29, 1.82) is 0 Å². The van der Waals surface area contributed by atoms with Gasteiger partial charge in [0.25, 0.3) is 5.91 Å². The molecule has 22 heavy (non-hydrogen) atoms. The molecule has 0 unspecified atom stereocenters. The number of amides is 1. The maximum atomic E-state index is 12.8. The Labute approximate surface area is 136 Å². The number of hydrogen-bond donors (Lipinski definition) is 1. The van der Waals surface area contributed by atoms with Gasteiger partial charge in [0.05, 0.1) is 0 Å². The van der Waals surface area contributed by atoms with Crippen molar-refractivity contribution in [3.05, 3.63) is 30.1 Å². The highest BCUT2D eigenvalue weighted by Gasteiger charge is 2.17. The quantitative estimate of drug-likeness (QED) is 0.616. The topological polar surface area (TPSA) is 64.1 Å².